The van der Waals surface area contributed by atoms with E-state index < -0.39 is 0 Å². The molecular formula is C20H15Cl2N3O2. The van der Waals surface area contributed by atoms with Crippen molar-refractivity contribution >= 4 is 41.2 Å². The second kappa shape index (κ2) is 8.26. The first kappa shape index (κ1) is 19.0. The number of nitriles is 1. The maximum absolute atomic E-state index is 11.3. The van der Waals surface area contributed by atoms with Gasteiger partial charge in [0.2, 0.25) is 0 Å². The molecule has 0 N–H and O–H groups in total. The number of halogens is 2. The van der Waals surface area contributed by atoms with Crippen LogP contribution in [0.4, 0.5) is 11.7 Å². The molecule has 3 rings (SSSR count). The fourth-order valence-electron chi connectivity index (χ4n) is 2.62. The van der Waals surface area contributed by atoms with Crippen LogP contribution in [-0.4, -0.2) is 11.3 Å². The summed E-state index contributed by atoms with van der Waals surface area (Å²) in [6, 6.07) is 14.8. The first-order valence-electron chi connectivity index (χ1n) is 8.22. The summed E-state index contributed by atoms with van der Waals surface area (Å²) in [5, 5.41) is 9.94. The zero-order valence-electron chi connectivity index (χ0n) is 14.4. The largest absolute Gasteiger partial charge is 0.428 e. The summed E-state index contributed by atoms with van der Waals surface area (Å²) in [4.78, 5) is 17.4. The summed E-state index contributed by atoms with van der Waals surface area (Å²) < 4.78 is 5.81. The van der Waals surface area contributed by atoms with E-state index in [1.807, 2.05) is 17.9 Å². The van der Waals surface area contributed by atoms with E-state index in [2.05, 4.69) is 11.1 Å². The first-order valence-corrected chi connectivity index (χ1v) is 8.97. The number of aldehydes is 1. The van der Waals surface area contributed by atoms with Gasteiger partial charge >= 0.3 is 6.01 Å². The van der Waals surface area contributed by atoms with Crippen molar-refractivity contribution in [1.29, 1.82) is 5.26 Å². The molecule has 0 unspecified atom stereocenters. The average molecular weight is 400 g/mol. The third-order valence-corrected chi connectivity index (χ3v) is 4.75. The van der Waals surface area contributed by atoms with Crippen LogP contribution in [0.2, 0.25) is 10.0 Å². The molecule has 27 heavy (non-hydrogen) atoms. The number of aryl methyl sites for hydroxylation is 1. The van der Waals surface area contributed by atoms with Crippen molar-refractivity contribution in [1.82, 2.24) is 4.98 Å². The van der Waals surface area contributed by atoms with Gasteiger partial charge in [0.1, 0.15) is 11.5 Å². The van der Waals surface area contributed by atoms with E-state index in [0.29, 0.717) is 46.6 Å². The van der Waals surface area contributed by atoms with Crippen molar-refractivity contribution in [3.05, 3.63) is 75.1 Å². The Morgan fingerprint density at radius 1 is 1.19 bits per heavy atom. The van der Waals surface area contributed by atoms with E-state index in [0.717, 1.165) is 11.3 Å². The van der Waals surface area contributed by atoms with Gasteiger partial charge in [-0.25, -0.2) is 0 Å². The number of hydrogen-bond donors (Lipinski definition) is 0. The lowest BCUT2D eigenvalue weighted by atomic mass is 10.1. The molecule has 136 valence electrons. The van der Waals surface area contributed by atoms with Gasteiger partial charge in [-0.3, -0.25) is 9.69 Å². The first-order chi connectivity index (χ1) is 13.0. The maximum Gasteiger partial charge on any atom is 0.303 e. The predicted octanol–water partition coefficient (Wildman–Crippen LogP) is 5.57. The lowest BCUT2D eigenvalue weighted by Gasteiger charge is -2.21. The predicted molar refractivity (Wildman–Crippen MR) is 105 cm³/mol. The minimum atomic E-state index is 0.278. The Morgan fingerprint density at radius 2 is 1.93 bits per heavy atom. The molecule has 5 nitrogen and oxygen atoms in total. The van der Waals surface area contributed by atoms with E-state index >= 15 is 0 Å². The fourth-order valence-corrected chi connectivity index (χ4v) is 2.94. The molecule has 0 saturated heterocycles. The lowest BCUT2D eigenvalue weighted by molar-refractivity contribution is 0.111. The van der Waals surface area contributed by atoms with Crippen molar-refractivity contribution < 1.29 is 9.21 Å². The molecule has 0 radical (unpaired) electrons. The Balaban J connectivity index is 2.04. The third kappa shape index (κ3) is 4.13. The number of rotatable bonds is 6. The highest BCUT2D eigenvalue weighted by Crippen LogP contribution is 2.30. The van der Waals surface area contributed by atoms with Crippen LogP contribution in [0.15, 0.2) is 46.9 Å². The van der Waals surface area contributed by atoms with Crippen molar-refractivity contribution in [3.63, 3.8) is 0 Å². The molecule has 0 fully saturated rings. The Labute approximate surface area is 166 Å². The SMILES string of the molecule is CCc1oc(N(Cc2ccc(Cl)c(Cl)c2)c2ccc(C#N)cc2)nc1C=O. The smallest absolute Gasteiger partial charge is 0.303 e. The molecule has 7 heteroatoms. The lowest BCUT2D eigenvalue weighted by Crippen LogP contribution is -2.17. The van der Waals surface area contributed by atoms with Gasteiger partial charge < -0.3 is 4.42 Å². The van der Waals surface area contributed by atoms with Gasteiger partial charge in [-0.2, -0.15) is 10.2 Å². The number of nitrogens with zero attached hydrogens (tertiary/aromatic N) is 3. The second-order valence-corrected chi connectivity index (χ2v) is 6.58. The van der Waals surface area contributed by atoms with E-state index in [-0.39, 0.29) is 5.69 Å². The molecule has 0 saturated carbocycles. The summed E-state index contributed by atoms with van der Waals surface area (Å²) in [6.07, 6.45) is 1.23. The van der Waals surface area contributed by atoms with Gasteiger partial charge in [0.15, 0.2) is 6.29 Å². The molecular weight excluding hydrogens is 385 g/mol. The van der Waals surface area contributed by atoms with Gasteiger partial charge in [-0.1, -0.05) is 36.2 Å². The van der Waals surface area contributed by atoms with Gasteiger partial charge in [0.05, 0.1) is 28.2 Å². The number of oxazole rings is 1. The van der Waals surface area contributed by atoms with Crippen LogP contribution in [-0.2, 0) is 13.0 Å². The number of anilines is 2. The number of hydrogen-bond acceptors (Lipinski definition) is 5. The number of carbonyl (C=O) groups excluding carboxylic acids is 1. The summed E-state index contributed by atoms with van der Waals surface area (Å²) in [5.74, 6) is 0.521. The molecule has 2 aromatic carbocycles. The zero-order chi connectivity index (χ0) is 19.4. The second-order valence-electron chi connectivity index (χ2n) is 5.77. The molecule has 0 aliphatic carbocycles. The highest BCUT2D eigenvalue weighted by molar-refractivity contribution is 6.42. The number of aromatic nitrogens is 1. The van der Waals surface area contributed by atoms with Crippen LogP contribution in [0.3, 0.4) is 0 Å². The monoisotopic (exact) mass is 399 g/mol. The number of carbonyl (C=O) groups is 1. The highest BCUT2D eigenvalue weighted by atomic mass is 35.5. The van der Waals surface area contributed by atoms with Gasteiger partial charge in [0, 0.05) is 12.1 Å². The molecule has 1 aromatic heterocycles. The quantitative estimate of drug-likeness (QED) is 0.506. The van der Waals surface area contributed by atoms with Crippen molar-refractivity contribution in [2.45, 2.75) is 19.9 Å². The van der Waals surface area contributed by atoms with Gasteiger partial charge in [-0.05, 0) is 42.0 Å². The standard InChI is InChI=1S/C20H15Cl2N3O2/c1-2-19-18(12-26)24-20(27-19)25(15-6-3-13(10-23)4-7-15)11-14-5-8-16(21)17(22)9-14/h3-9,12H,2,11H2,1H3. The topological polar surface area (TPSA) is 70.1 Å². The van der Waals surface area contributed by atoms with E-state index in [1.54, 1.807) is 36.4 Å². The molecule has 0 atom stereocenters. The van der Waals surface area contributed by atoms with Crippen molar-refractivity contribution in [3.8, 4) is 6.07 Å². The minimum absolute atomic E-state index is 0.278. The average Bonchev–Trinajstić information content (AvgIpc) is 3.12. The van der Waals surface area contributed by atoms with Crippen LogP contribution in [0.5, 0.6) is 0 Å². The molecule has 0 spiro atoms. The minimum Gasteiger partial charge on any atom is -0.428 e. The van der Waals surface area contributed by atoms with Gasteiger partial charge in [-0.15, -0.1) is 0 Å². The molecule has 0 bridgehead atoms. The van der Waals surface area contributed by atoms with Crippen LogP contribution in [0.25, 0.3) is 0 Å². The summed E-state index contributed by atoms with van der Waals surface area (Å²) in [7, 11) is 0. The maximum atomic E-state index is 11.3. The Hall–Kier alpha value is -2.81. The molecule has 3 aromatic rings. The Bertz CT molecular complexity index is 1010. The number of benzene rings is 2. The summed E-state index contributed by atoms with van der Waals surface area (Å²) >= 11 is 12.1. The molecule has 0 aliphatic rings. The third-order valence-electron chi connectivity index (χ3n) is 4.01. The Morgan fingerprint density at radius 3 is 2.48 bits per heavy atom. The van der Waals surface area contributed by atoms with Crippen molar-refractivity contribution in [2.24, 2.45) is 0 Å². The molecule has 0 amide bonds. The van der Waals surface area contributed by atoms with Crippen LogP contribution in [0, 0.1) is 11.3 Å². The zero-order valence-corrected chi connectivity index (χ0v) is 16.0. The van der Waals surface area contributed by atoms with Crippen molar-refractivity contribution in [2.75, 3.05) is 4.90 Å². The highest BCUT2D eigenvalue weighted by Gasteiger charge is 2.20. The van der Waals surface area contributed by atoms with Gasteiger partial charge in [0.25, 0.3) is 0 Å². The van der Waals surface area contributed by atoms with E-state index in [9.17, 15) is 4.79 Å². The van der Waals surface area contributed by atoms with E-state index in [4.69, 9.17) is 32.9 Å². The fraction of sp³-hybridized carbons (Fsp3) is 0.150. The molecule has 0 aliphatic heterocycles. The van der Waals surface area contributed by atoms with Crippen LogP contribution in [0.1, 0.15) is 34.3 Å². The summed E-state index contributed by atoms with van der Waals surface area (Å²) in [6.45, 7) is 2.28. The van der Waals surface area contributed by atoms with E-state index in [1.165, 1.54) is 0 Å². The Kier molecular flexibility index (Phi) is 5.80. The van der Waals surface area contributed by atoms with Crippen LogP contribution >= 0.6 is 23.2 Å². The normalized spacial score (nSPS) is 10.4. The summed E-state index contributed by atoms with van der Waals surface area (Å²) in [5.41, 5.74) is 2.47. The van der Waals surface area contributed by atoms with Crippen LogP contribution < -0.4 is 4.90 Å². The molecule has 1 heterocycles.